The Kier molecular flexibility index (Phi) is 5.72. The molecule has 1 amide bonds. The highest BCUT2D eigenvalue weighted by Gasteiger charge is 2.29. The number of piperidine rings is 1. The lowest BCUT2D eigenvalue weighted by Gasteiger charge is -2.34. The average Bonchev–Trinajstić information content (AvgIpc) is 2.69. The first kappa shape index (κ1) is 18.9. The molecule has 1 atom stereocenters. The number of nitriles is 1. The zero-order valence-corrected chi connectivity index (χ0v) is 15.3. The Morgan fingerprint density at radius 3 is 2.63 bits per heavy atom. The van der Waals surface area contributed by atoms with E-state index in [9.17, 15) is 14.7 Å². The molecule has 6 heteroatoms. The first-order chi connectivity index (χ1) is 13.0. The molecule has 0 saturated carbocycles. The lowest BCUT2D eigenvalue weighted by molar-refractivity contribution is 0.0466. The molecular weight excluding hydrogens is 342 g/mol. The fourth-order valence-electron chi connectivity index (χ4n) is 3.66. The third-order valence-corrected chi connectivity index (χ3v) is 5.35. The topological polar surface area (TPSA) is 97.2 Å². The molecule has 0 spiro atoms. The highest BCUT2D eigenvalue weighted by atomic mass is 16.3. The molecule has 2 N–H and O–H groups in total. The van der Waals surface area contributed by atoms with Crippen LogP contribution < -0.4 is 5.56 Å². The molecule has 0 bridgehead atoms. The number of benzene rings is 1. The van der Waals surface area contributed by atoms with Crippen LogP contribution in [0.25, 0.3) is 0 Å². The van der Waals surface area contributed by atoms with Gasteiger partial charge in [0.05, 0.1) is 11.7 Å². The van der Waals surface area contributed by atoms with Crippen molar-refractivity contribution in [3.8, 4) is 6.07 Å². The lowest BCUT2D eigenvalue weighted by atomic mass is 9.87. The summed E-state index contributed by atoms with van der Waals surface area (Å²) in [7, 11) is 0. The van der Waals surface area contributed by atoms with Crippen LogP contribution in [0.15, 0.2) is 41.3 Å². The van der Waals surface area contributed by atoms with Crippen LogP contribution in [0.2, 0.25) is 0 Å². The Labute approximate surface area is 158 Å². The van der Waals surface area contributed by atoms with Crippen LogP contribution in [0.1, 0.15) is 39.9 Å². The highest BCUT2D eigenvalue weighted by molar-refractivity contribution is 5.95. The first-order valence-corrected chi connectivity index (χ1v) is 9.15. The van der Waals surface area contributed by atoms with E-state index in [2.05, 4.69) is 4.98 Å². The second-order valence-electron chi connectivity index (χ2n) is 7.03. The maximum Gasteiger partial charge on any atom is 0.266 e. The molecule has 1 aliphatic rings. The third kappa shape index (κ3) is 4.09. The summed E-state index contributed by atoms with van der Waals surface area (Å²) in [6.07, 6.45) is 3.03. The fraction of sp³-hybridized carbons (Fsp3) is 0.381. The van der Waals surface area contributed by atoms with Crippen LogP contribution in [-0.2, 0) is 6.42 Å². The van der Waals surface area contributed by atoms with Gasteiger partial charge in [0.15, 0.2) is 0 Å². The molecule has 6 nitrogen and oxygen atoms in total. The van der Waals surface area contributed by atoms with E-state index in [1.54, 1.807) is 11.8 Å². The number of aliphatic hydroxyl groups excluding tert-OH is 1. The molecule has 0 unspecified atom stereocenters. The maximum absolute atomic E-state index is 12.8. The molecule has 0 aliphatic carbocycles. The molecule has 2 aromatic rings. The van der Waals surface area contributed by atoms with Gasteiger partial charge in [-0.2, -0.15) is 5.26 Å². The second-order valence-corrected chi connectivity index (χ2v) is 7.03. The van der Waals surface area contributed by atoms with E-state index in [-0.39, 0.29) is 17.4 Å². The molecule has 1 aliphatic heterocycles. The molecular formula is C21H23N3O3. The normalized spacial score (nSPS) is 16.0. The molecule has 1 saturated heterocycles. The zero-order chi connectivity index (χ0) is 19.4. The number of hydrogen-bond donors (Lipinski definition) is 2. The molecule has 0 radical (unpaired) electrons. The monoisotopic (exact) mass is 365 g/mol. The molecule has 3 rings (SSSR count). The van der Waals surface area contributed by atoms with Crippen molar-refractivity contribution < 1.29 is 9.90 Å². The molecule has 2 heterocycles. The van der Waals surface area contributed by atoms with Crippen LogP contribution in [0, 0.1) is 24.2 Å². The Bertz CT molecular complexity index is 907. The summed E-state index contributed by atoms with van der Waals surface area (Å²) in [6, 6.07) is 11.8. The van der Waals surface area contributed by atoms with Gasteiger partial charge in [0, 0.05) is 19.3 Å². The van der Waals surface area contributed by atoms with E-state index in [1.165, 1.54) is 6.20 Å². The van der Waals surface area contributed by atoms with Gasteiger partial charge >= 0.3 is 0 Å². The predicted octanol–water partition coefficient (Wildman–Crippen LogP) is 2.01. The quantitative estimate of drug-likeness (QED) is 0.866. The van der Waals surface area contributed by atoms with Gasteiger partial charge in [-0.05, 0) is 43.2 Å². The SMILES string of the molecule is Cc1c(C(=O)N2CCC([C@H](O)Cc3ccccc3)CC2)c[nH]c(=O)c1C#N. The Hall–Kier alpha value is -2.91. The van der Waals surface area contributed by atoms with Crippen molar-refractivity contribution in [3.63, 3.8) is 0 Å². The van der Waals surface area contributed by atoms with Gasteiger partial charge in [0.25, 0.3) is 11.5 Å². The van der Waals surface area contributed by atoms with Gasteiger partial charge in [-0.1, -0.05) is 30.3 Å². The van der Waals surface area contributed by atoms with E-state index < -0.39 is 11.7 Å². The van der Waals surface area contributed by atoms with Crippen molar-refractivity contribution in [2.45, 2.75) is 32.3 Å². The first-order valence-electron chi connectivity index (χ1n) is 9.15. The minimum Gasteiger partial charge on any atom is -0.392 e. The van der Waals surface area contributed by atoms with E-state index in [4.69, 9.17) is 5.26 Å². The smallest absolute Gasteiger partial charge is 0.266 e. The molecule has 140 valence electrons. The summed E-state index contributed by atoms with van der Waals surface area (Å²) >= 11 is 0. The van der Waals surface area contributed by atoms with E-state index in [1.807, 2.05) is 36.4 Å². The summed E-state index contributed by atoms with van der Waals surface area (Å²) in [6.45, 7) is 2.73. The Morgan fingerprint density at radius 2 is 2.00 bits per heavy atom. The van der Waals surface area contributed by atoms with Crippen molar-refractivity contribution in [2.24, 2.45) is 5.92 Å². The number of carbonyl (C=O) groups is 1. The van der Waals surface area contributed by atoms with E-state index in [0.717, 1.165) is 18.4 Å². The van der Waals surface area contributed by atoms with Gasteiger partial charge in [-0.25, -0.2) is 0 Å². The number of nitrogens with one attached hydrogen (secondary N) is 1. The number of likely N-dealkylation sites (tertiary alicyclic amines) is 1. The molecule has 1 aromatic heterocycles. The minimum atomic E-state index is -0.478. The fourth-order valence-corrected chi connectivity index (χ4v) is 3.66. The Balaban J connectivity index is 1.63. The minimum absolute atomic E-state index is 0.0194. The number of H-pyrrole nitrogens is 1. The van der Waals surface area contributed by atoms with Crippen molar-refractivity contribution >= 4 is 5.91 Å². The number of pyridine rings is 1. The van der Waals surface area contributed by atoms with Crippen LogP contribution in [-0.4, -0.2) is 40.1 Å². The maximum atomic E-state index is 12.8. The van der Waals surface area contributed by atoms with Crippen molar-refractivity contribution in [2.75, 3.05) is 13.1 Å². The molecule has 1 fully saturated rings. The number of aromatic nitrogens is 1. The number of nitrogens with zero attached hydrogens (tertiary/aromatic N) is 2. The third-order valence-electron chi connectivity index (χ3n) is 5.35. The van der Waals surface area contributed by atoms with Crippen molar-refractivity contribution in [1.29, 1.82) is 5.26 Å². The highest BCUT2D eigenvalue weighted by Crippen LogP contribution is 2.24. The van der Waals surface area contributed by atoms with Gasteiger partial charge in [-0.3, -0.25) is 9.59 Å². The average molecular weight is 365 g/mol. The van der Waals surface area contributed by atoms with Gasteiger partial charge in [0.1, 0.15) is 11.6 Å². The van der Waals surface area contributed by atoms with Gasteiger partial charge < -0.3 is 15.0 Å². The zero-order valence-electron chi connectivity index (χ0n) is 15.3. The van der Waals surface area contributed by atoms with E-state index in [0.29, 0.717) is 30.6 Å². The van der Waals surface area contributed by atoms with E-state index >= 15 is 0 Å². The number of aromatic amines is 1. The van der Waals surface area contributed by atoms with Crippen molar-refractivity contribution in [1.82, 2.24) is 9.88 Å². The predicted molar refractivity (Wildman–Crippen MR) is 101 cm³/mol. The summed E-state index contributed by atoms with van der Waals surface area (Å²) < 4.78 is 0. The molecule has 1 aromatic carbocycles. The summed E-state index contributed by atoms with van der Waals surface area (Å²) in [5, 5.41) is 19.6. The number of amides is 1. The summed E-state index contributed by atoms with van der Waals surface area (Å²) in [5.41, 5.74) is 1.38. The van der Waals surface area contributed by atoms with Gasteiger partial charge in [-0.15, -0.1) is 0 Å². The second kappa shape index (κ2) is 8.19. The van der Waals surface area contributed by atoms with Crippen molar-refractivity contribution in [3.05, 3.63) is 69.1 Å². The van der Waals surface area contributed by atoms with Crippen LogP contribution in [0.4, 0.5) is 0 Å². The van der Waals surface area contributed by atoms with Crippen LogP contribution in [0.5, 0.6) is 0 Å². The number of hydrogen-bond acceptors (Lipinski definition) is 4. The van der Waals surface area contributed by atoms with Crippen LogP contribution >= 0.6 is 0 Å². The molecule has 27 heavy (non-hydrogen) atoms. The number of rotatable bonds is 4. The largest absolute Gasteiger partial charge is 0.392 e. The summed E-state index contributed by atoms with van der Waals surface area (Å²) in [4.78, 5) is 28.7. The van der Waals surface area contributed by atoms with Crippen LogP contribution in [0.3, 0.4) is 0 Å². The standard InChI is InChI=1S/C21H23N3O3/c1-14-17(12-22)20(26)23-13-18(14)21(27)24-9-7-16(8-10-24)19(25)11-15-5-3-2-4-6-15/h2-6,13,16,19,25H,7-11H2,1H3,(H,23,26)/t19-/m1/s1. The Morgan fingerprint density at radius 1 is 1.33 bits per heavy atom. The number of aliphatic hydroxyl groups is 1. The van der Waals surface area contributed by atoms with Gasteiger partial charge in [0.2, 0.25) is 0 Å². The summed E-state index contributed by atoms with van der Waals surface area (Å²) in [5.74, 6) is -0.0307. The number of carbonyl (C=O) groups excluding carboxylic acids is 1. The lowest BCUT2D eigenvalue weighted by Crippen LogP contribution is -2.42.